The van der Waals surface area contributed by atoms with Gasteiger partial charge in [-0.15, -0.1) is 0 Å². The molecule has 0 spiro atoms. The monoisotopic (exact) mass is 359 g/mol. The highest BCUT2D eigenvalue weighted by Crippen LogP contribution is 2.40. The Morgan fingerprint density at radius 1 is 1.35 bits per heavy atom. The first-order chi connectivity index (χ1) is 12.5. The molecule has 6 nitrogen and oxygen atoms in total. The van der Waals surface area contributed by atoms with Gasteiger partial charge < -0.3 is 15.3 Å². The lowest BCUT2D eigenvalue weighted by molar-refractivity contribution is -0.194. The van der Waals surface area contributed by atoms with Crippen LogP contribution in [0.2, 0.25) is 0 Å². The third-order valence-corrected chi connectivity index (χ3v) is 6.11. The number of ketones is 1. The highest BCUT2D eigenvalue weighted by Gasteiger charge is 2.56. The zero-order valence-electron chi connectivity index (χ0n) is 15.5. The van der Waals surface area contributed by atoms with Crippen molar-refractivity contribution in [1.29, 1.82) is 0 Å². The Kier molecular flexibility index (Phi) is 4.88. The molecule has 0 radical (unpaired) electrons. The summed E-state index contributed by atoms with van der Waals surface area (Å²) in [5, 5.41) is 19.4. The van der Waals surface area contributed by atoms with Crippen LogP contribution in [0.5, 0.6) is 0 Å². The number of nitrogens with one attached hydrogen (secondary N) is 2. The van der Waals surface area contributed by atoms with E-state index in [-0.39, 0.29) is 42.5 Å². The number of hydrogen-bond acceptors (Lipinski definition) is 6. The number of hydroxylamine groups is 2. The minimum Gasteiger partial charge on any atom is -0.368 e. The van der Waals surface area contributed by atoms with E-state index >= 15 is 0 Å². The van der Waals surface area contributed by atoms with E-state index in [1.165, 1.54) is 10.6 Å². The van der Waals surface area contributed by atoms with Gasteiger partial charge >= 0.3 is 0 Å². The molecule has 142 valence electrons. The maximum Gasteiger partial charge on any atom is 0.158 e. The van der Waals surface area contributed by atoms with Gasteiger partial charge in [-0.3, -0.25) is 10.1 Å². The number of rotatable bonds is 4. The molecule has 0 amide bonds. The van der Waals surface area contributed by atoms with Gasteiger partial charge in [0.25, 0.3) is 0 Å². The number of carbonyl (C=O) groups excluding carboxylic acids is 1. The summed E-state index contributed by atoms with van der Waals surface area (Å²) in [6.45, 7) is 4.98. The average molecular weight is 359 g/mol. The molecule has 2 aliphatic heterocycles. The second-order valence-electron chi connectivity index (χ2n) is 8.37. The predicted octanol–water partition coefficient (Wildman–Crippen LogP) is 1.33. The van der Waals surface area contributed by atoms with Crippen LogP contribution < -0.4 is 10.6 Å². The molecular formula is C20H29N3O3. The predicted molar refractivity (Wildman–Crippen MR) is 97.8 cm³/mol. The Hall–Kier alpha value is -1.31. The Morgan fingerprint density at radius 3 is 2.88 bits per heavy atom. The molecule has 1 aliphatic carbocycles. The summed E-state index contributed by atoms with van der Waals surface area (Å²) in [7, 11) is 0. The van der Waals surface area contributed by atoms with Crippen molar-refractivity contribution in [2.45, 2.75) is 63.0 Å². The van der Waals surface area contributed by atoms with Gasteiger partial charge in [-0.2, -0.15) is 5.06 Å². The van der Waals surface area contributed by atoms with Crippen LogP contribution in [0.3, 0.4) is 0 Å². The second-order valence-corrected chi connectivity index (χ2v) is 8.37. The van der Waals surface area contributed by atoms with Crippen molar-refractivity contribution < 1.29 is 14.7 Å². The van der Waals surface area contributed by atoms with Gasteiger partial charge in [-0.1, -0.05) is 30.3 Å². The summed E-state index contributed by atoms with van der Waals surface area (Å²) < 4.78 is 5.96. The number of ether oxygens (including phenoxy) is 1. The quantitative estimate of drug-likeness (QED) is 0.753. The largest absolute Gasteiger partial charge is 0.368 e. The van der Waals surface area contributed by atoms with Gasteiger partial charge in [0.05, 0.1) is 23.9 Å². The summed E-state index contributed by atoms with van der Waals surface area (Å²) in [6.07, 6.45) is 2.33. The van der Waals surface area contributed by atoms with Crippen LogP contribution in [0.4, 0.5) is 0 Å². The molecule has 26 heavy (non-hydrogen) atoms. The standard InChI is InChI=1S/C20H29N3O3/c1-20(2)22-16-11-14-10-15(24)12-26-19(14)17(18(16)23(20)25)21-9-8-13-6-4-3-5-7-13/h3-7,14,16-19,21-22,25H,8-12H2,1-2H3/t14?,16-,17?,18+,19?/m1/s1. The number of carbonyl (C=O) groups is 1. The minimum atomic E-state index is -0.480. The molecule has 3 N–H and O–H groups in total. The van der Waals surface area contributed by atoms with E-state index in [4.69, 9.17) is 4.74 Å². The first kappa shape index (κ1) is 18.1. The van der Waals surface area contributed by atoms with E-state index in [9.17, 15) is 10.0 Å². The van der Waals surface area contributed by atoms with Crippen LogP contribution in [0.1, 0.15) is 32.3 Å². The lowest BCUT2D eigenvalue weighted by Gasteiger charge is -2.47. The first-order valence-corrected chi connectivity index (χ1v) is 9.62. The average Bonchev–Trinajstić information content (AvgIpc) is 2.84. The van der Waals surface area contributed by atoms with E-state index in [1.54, 1.807) is 0 Å². The number of fused-ring (bicyclic) bond motifs is 2. The molecule has 1 saturated carbocycles. The second kappa shape index (κ2) is 7.02. The van der Waals surface area contributed by atoms with Crippen molar-refractivity contribution in [2.24, 2.45) is 5.92 Å². The number of benzene rings is 1. The molecule has 1 aromatic rings. The van der Waals surface area contributed by atoms with Crippen LogP contribution in [-0.4, -0.2) is 59.1 Å². The van der Waals surface area contributed by atoms with Gasteiger partial charge in [0.15, 0.2) is 5.78 Å². The molecule has 0 aromatic heterocycles. The Morgan fingerprint density at radius 2 is 2.12 bits per heavy atom. The zero-order valence-corrected chi connectivity index (χ0v) is 15.5. The molecule has 3 fully saturated rings. The van der Waals surface area contributed by atoms with Gasteiger partial charge in [0.1, 0.15) is 6.61 Å². The molecular weight excluding hydrogens is 330 g/mol. The Bertz CT molecular complexity index is 651. The highest BCUT2D eigenvalue weighted by atomic mass is 16.5. The zero-order chi connectivity index (χ0) is 18.3. The first-order valence-electron chi connectivity index (χ1n) is 9.62. The highest BCUT2D eigenvalue weighted by molar-refractivity contribution is 5.80. The van der Waals surface area contributed by atoms with E-state index < -0.39 is 5.66 Å². The number of nitrogens with zero attached hydrogens (tertiary/aromatic N) is 1. The van der Waals surface area contributed by atoms with Crippen LogP contribution >= 0.6 is 0 Å². The summed E-state index contributed by atoms with van der Waals surface area (Å²) in [5.41, 5.74) is 0.807. The summed E-state index contributed by atoms with van der Waals surface area (Å²) >= 11 is 0. The fourth-order valence-electron chi connectivity index (χ4n) is 4.94. The van der Waals surface area contributed by atoms with Crippen LogP contribution in [0, 0.1) is 5.92 Å². The normalized spacial score (nSPS) is 36.6. The lowest BCUT2D eigenvalue weighted by atomic mass is 9.74. The van der Waals surface area contributed by atoms with Gasteiger partial charge in [0.2, 0.25) is 0 Å². The van der Waals surface area contributed by atoms with E-state index in [2.05, 4.69) is 34.9 Å². The summed E-state index contributed by atoms with van der Waals surface area (Å²) in [6, 6.07) is 10.5. The molecule has 2 saturated heterocycles. The van der Waals surface area contributed by atoms with Gasteiger partial charge in [-0.25, -0.2) is 0 Å². The number of hydrogen-bond donors (Lipinski definition) is 3. The molecule has 6 heteroatoms. The molecule has 3 aliphatic rings. The minimum absolute atomic E-state index is 0.00478. The molecule has 1 aromatic carbocycles. The van der Waals surface area contributed by atoms with Crippen molar-refractivity contribution in [3.63, 3.8) is 0 Å². The van der Waals surface area contributed by atoms with Crippen molar-refractivity contribution in [3.8, 4) is 0 Å². The maximum atomic E-state index is 11.9. The van der Waals surface area contributed by atoms with E-state index in [0.29, 0.717) is 6.42 Å². The SMILES string of the molecule is CC1(C)N[C@@H]2CC3CC(=O)COC3C(NCCc3ccccc3)[C@H]2N1O. The fraction of sp³-hybridized carbons (Fsp3) is 0.650. The molecule has 0 bridgehead atoms. The molecule has 4 rings (SSSR count). The Balaban J connectivity index is 1.51. The van der Waals surface area contributed by atoms with Crippen LogP contribution in [-0.2, 0) is 16.0 Å². The van der Waals surface area contributed by atoms with Crippen molar-refractivity contribution in [2.75, 3.05) is 13.2 Å². The summed E-state index contributed by atoms with van der Waals surface area (Å²) in [5.74, 6) is 0.396. The third-order valence-electron chi connectivity index (χ3n) is 6.11. The molecule has 3 unspecified atom stereocenters. The van der Waals surface area contributed by atoms with Gasteiger partial charge in [0, 0.05) is 12.5 Å². The van der Waals surface area contributed by atoms with E-state index in [1.807, 2.05) is 19.9 Å². The summed E-state index contributed by atoms with van der Waals surface area (Å²) in [4.78, 5) is 11.9. The third kappa shape index (κ3) is 3.32. The molecule has 2 heterocycles. The van der Waals surface area contributed by atoms with Crippen molar-refractivity contribution >= 4 is 5.78 Å². The maximum absolute atomic E-state index is 11.9. The Labute approximate surface area is 154 Å². The topological polar surface area (TPSA) is 73.8 Å². The van der Waals surface area contributed by atoms with Crippen LogP contribution in [0.15, 0.2) is 30.3 Å². The van der Waals surface area contributed by atoms with Crippen LogP contribution in [0.25, 0.3) is 0 Å². The fourth-order valence-corrected chi connectivity index (χ4v) is 4.94. The molecule has 5 atom stereocenters. The smallest absolute Gasteiger partial charge is 0.158 e. The number of Topliss-reactive ketones (excluding diaryl/α,β-unsaturated/α-hetero) is 1. The lowest BCUT2D eigenvalue weighted by Crippen LogP contribution is -2.65. The van der Waals surface area contributed by atoms with Gasteiger partial charge in [-0.05, 0) is 44.7 Å². The van der Waals surface area contributed by atoms with E-state index in [0.717, 1.165) is 19.4 Å². The van der Waals surface area contributed by atoms with Crippen molar-refractivity contribution in [1.82, 2.24) is 15.7 Å². The van der Waals surface area contributed by atoms with Crippen molar-refractivity contribution in [3.05, 3.63) is 35.9 Å².